The number of hydrogen-bond donors (Lipinski definition) is 2. The van der Waals surface area contributed by atoms with Gasteiger partial charge in [-0.05, 0) is 50.5 Å². The number of benzene rings is 2. The first kappa shape index (κ1) is 23.1. The van der Waals surface area contributed by atoms with Crippen LogP contribution in [-0.2, 0) is 19.6 Å². The van der Waals surface area contributed by atoms with E-state index in [0.717, 1.165) is 0 Å². The van der Waals surface area contributed by atoms with E-state index in [2.05, 4.69) is 10.6 Å². The van der Waals surface area contributed by atoms with Crippen molar-refractivity contribution in [2.75, 3.05) is 30.8 Å². The summed E-state index contributed by atoms with van der Waals surface area (Å²) >= 11 is 0. The number of hydrogen-bond acceptors (Lipinski definition) is 6. The number of methoxy groups -OCH3 is 1. The molecule has 1 saturated heterocycles. The van der Waals surface area contributed by atoms with Crippen molar-refractivity contribution in [2.45, 2.75) is 37.7 Å². The lowest BCUT2D eigenvalue weighted by Gasteiger charge is -2.32. The minimum atomic E-state index is -3.87. The molecule has 2 aliphatic rings. The number of sulfonamides is 1. The molecule has 2 amide bonds. The number of amides is 2. The molecule has 10 heteroatoms. The highest BCUT2D eigenvalue weighted by atomic mass is 32.2. The predicted molar refractivity (Wildman–Crippen MR) is 123 cm³/mol. The number of nitrogens with one attached hydrogen (secondary N) is 2. The largest absolute Gasteiger partial charge is 0.497 e. The molecule has 2 atom stereocenters. The molecule has 2 unspecified atom stereocenters. The van der Waals surface area contributed by atoms with E-state index < -0.39 is 22.0 Å². The molecule has 9 nitrogen and oxygen atoms in total. The molecule has 0 bridgehead atoms. The third kappa shape index (κ3) is 4.67. The van der Waals surface area contributed by atoms with Gasteiger partial charge in [0, 0.05) is 30.9 Å². The molecule has 4 rings (SSSR count). The Balaban J connectivity index is 1.53. The van der Waals surface area contributed by atoms with E-state index in [1.165, 1.54) is 10.4 Å². The molecule has 2 aromatic carbocycles. The Morgan fingerprint density at radius 2 is 2.06 bits per heavy atom. The van der Waals surface area contributed by atoms with Gasteiger partial charge >= 0.3 is 0 Å². The van der Waals surface area contributed by atoms with Crippen molar-refractivity contribution in [1.82, 2.24) is 4.31 Å². The molecule has 1 fully saturated rings. The van der Waals surface area contributed by atoms with E-state index in [1.54, 1.807) is 51.3 Å². The first-order chi connectivity index (χ1) is 15.7. The second kappa shape index (κ2) is 9.03. The molecule has 2 N–H and O–H groups in total. The van der Waals surface area contributed by atoms with E-state index >= 15 is 0 Å². The van der Waals surface area contributed by atoms with E-state index in [-0.39, 0.29) is 23.3 Å². The summed E-state index contributed by atoms with van der Waals surface area (Å²) in [6.45, 7) is 3.69. The summed E-state index contributed by atoms with van der Waals surface area (Å²) in [7, 11) is -2.32. The SMILES string of the molecule is COc1cccc(NC(=O)C2CCCN(S(=O)(=O)c3cc4c(cc3C)NC(=O)C(C)O4)C2)c1. The van der Waals surface area contributed by atoms with Crippen molar-refractivity contribution in [3.63, 3.8) is 0 Å². The normalized spacial score (nSPS) is 20.9. The van der Waals surface area contributed by atoms with Crippen LogP contribution in [0, 0.1) is 12.8 Å². The van der Waals surface area contributed by atoms with Gasteiger partial charge in [-0.15, -0.1) is 0 Å². The van der Waals surface area contributed by atoms with Crippen LogP contribution >= 0.6 is 0 Å². The zero-order valence-electron chi connectivity index (χ0n) is 18.8. The second-order valence-corrected chi connectivity index (χ2v) is 10.2. The lowest BCUT2D eigenvalue weighted by Crippen LogP contribution is -2.44. The molecule has 33 heavy (non-hydrogen) atoms. The molecule has 2 aromatic rings. The van der Waals surface area contributed by atoms with Crippen molar-refractivity contribution in [3.05, 3.63) is 42.0 Å². The average Bonchev–Trinajstić information content (AvgIpc) is 2.80. The average molecular weight is 474 g/mol. The van der Waals surface area contributed by atoms with Crippen LogP contribution in [0.15, 0.2) is 41.3 Å². The molecule has 0 aliphatic carbocycles. The molecule has 0 saturated carbocycles. The molecule has 0 spiro atoms. The zero-order chi connectivity index (χ0) is 23.8. The molecular formula is C23H27N3O6S. The summed E-state index contributed by atoms with van der Waals surface area (Å²) in [6, 6.07) is 10.1. The van der Waals surface area contributed by atoms with Crippen LogP contribution in [-0.4, -0.2) is 50.8 Å². The minimum absolute atomic E-state index is 0.0860. The van der Waals surface area contributed by atoms with Gasteiger partial charge in [-0.2, -0.15) is 4.31 Å². The Morgan fingerprint density at radius 1 is 1.27 bits per heavy atom. The highest BCUT2D eigenvalue weighted by molar-refractivity contribution is 7.89. The molecular weight excluding hydrogens is 446 g/mol. The molecule has 2 heterocycles. The predicted octanol–water partition coefficient (Wildman–Crippen LogP) is 2.76. The number of piperidine rings is 1. The van der Waals surface area contributed by atoms with Gasteiger partial charge in [0.2, 0.25) is 15.9 Å². The minimum Gasteiger partial charge on any atom is -0.497 e. The third-order valence-corrected chi connectivity index (χ3v) is 7.93. The number of rotatable bonds is 5. The summed E-state index contributed by atoms with van der Waals surface area (Å²) < 4.78 is 39.1. The van der Waals surface area contributed by atoms with E-state index in [1.807, 2.05) is 0 Å². The molecule has 176 valence electrons. The van der Waals surface area contributed by atoms with Crippen molar-refractivity contribution in [3.8, 4) is 11.5 Å². The number of anilines is 2. The Morgan fingerprint density at radius 3 is 2.82 bits per heavy atom. The number of nitrogens with zero attached hydrogens (tertiary/aromatic N) is 1. The summed E-state index contributed by atoms with van der Waals surface area (Å²) in [5.41, 5.74) is 1.54. The Hall–Kier alpha value is -3.11. The van der Waals surface area contributed by atoms with Gasteiger partial charge in [-0.25, -0.2) is 8.42 Å². The molecule has 0 aromatic heterocycles. The number of carbonyl (C=O) groups is 2. The van der Waals surface area contributed by atoms with Crippen LogP contribution in [0.25, 0.3) is 0 Å². The number of aryl methyl sites for hydroxylation is 1. The highest BCUT2D eigenvalue weighted by Crippen LogP contribution is 2.36. The fourth-order valence-electron chi connectivity index (χ4n) is 4.08. The van der Waals surface area contributed by atoms with Crippen molar-refractivity contribution >= 4 is 33.2 Å². The van der Waals surface area contributed by atoms with Crippen LogP contribution in [0.2, 0.25) is 0 Å². The number of carbonyl (C=O) groups excluding carboxylic acids is 2. The van der Waals surface area contributed by atoms with Crippen molar-refractivity contribution < 1.29 is 27.5 Å². The smallest absolute Gasteiger partial charge is 0.265 e. The second-order valence-electron chi connectivity index (χ2n) is 8.29. The first-order valence-corrected chi connectivity index (χ1v) is 12.2. The number of ether oxygens (including phenoxy) is 2. The van der Waals surface area contributed by atoms with E-state index in [4.69, 9.17) is 9.47 Å². The Kier molecular flexibility index (Phi) is 6.31. The maximum absolute atomic E-state index is 13.5. The van der Waals surface area contributed by atoms with Gasteiger partial charge in [-0.3, -0.25) is 9.59 Å². The van der Waals surface area contributed by atoms with Gasteiger partial charge in [0.1, 0.15) is 11.5 Å². The van der Waals surface area contributed by atoms with Crippen LogP contribution in [0.3, 0.4) is 0 Å². The van der Waals surface area contributed by atoms with Crippen LogP contribution < -0.4 is 20.1 Å². The Labute approximate surface area is 193 Å². The molecule has 0 radical (unpaired) electrons. The maximum Gasteiger partial charge on any atom is 0.265 e. The van der Waals surface area contributed by atoms with Gasteiger partial charge in [0.15, 0.2) is 6.10 Å². The quantitative estimate of drug-likeness (QED) is 0.690. The van der Waals surface area contributed by atoms with E-state index in [9.17, 15) is 18.0 Å². The third-order valence-electron chi connectivity index (χ3n) is 5.92. The summed E-state index contributed by atoms with van der Waals surface area (Å²) in [5, 5.41) is 5.59. The lowest BCUT2D eigenvalue weighted by atomic mass is 9.98. The molecule has 2 aliphatic heterocycles. The monoisotopic (exact) mass is 473 g/mol. The van der Waals surface area contributed by atoms with Crippen LogP contribution in [0.5, 0.6) is 11.5 Å². The van der Waals surface area contributed by atoms with Crippen molar-refractivity contribution in [2.24, 2.45) is 5.92 Å². The van der Waals surface area contributed by atoms with Gasteiger partial charge in [-0.1, -0.05) is 6.07 Å². The maximum atomic E-state index is 13.5. The van der Waals surface area contributed by atoms with Gasteiger partial charge in [0.25, 0.3) is 5.91 Å². The summed E-state index contributed by atoms with van der Waals surface area (Å²) in [4.78, 5) is 24.8. The fourth-order valence-corrected chi connectivity index (χ4v) is 5.83. The van der Waals surface area contributed by atoms with E-state index in [0.29, 0.717) is 47.8 Å². The van der Waals surface area contributed by atoms with Crippen LogP contribution in [0.1, 0.15) is 25.3 Å². The highest BCUT2D eigenvalue weighted by Gasteiger charge is 2.35. The topological polar surface area (TPSA) is 114 Å². The van der Waals surface area contributed by atoms with Gasteiger partial charge in [0.05, 0.1) is 23.6 Å². The van der Waals surface area contributed by atoms with Gasteiger partial charge < -0.3 is 20.1 Å². The van der Waals surface area contributed by atoms with Crippen LogP contribution in [0.4, 0.5) is 11.4 Å². The zero-order valence-corrected chi connectivity index (χ0v) is 19.6. The lowest BCUT2D eigenvalue weighted by molar-refractivity contribution is -0.123. The fraction of sp³-hybridized carbons (Fsp3) is 0.391. The van der Waals surface area contributed by atoms with Crippen molar-refractivity contribution in [1.29, 1.82) is 0 Å². The number of fused-ring (bicyclic) bond motifs is 1. The standard InChI is InChI=1S/C23H27N3O6S/c1-14-10-19-20(32-15(2)22(27)25-19)12-21(14)33(29,30)26-9-5-6-16(13-26)23(28)24-17-7-4-8-18(11-17)31-3/h4,7-8,10-12,15-16H,5-6,9,13H2,1-3H3,(H,24,28)(H,25,27). The Bertz CT molecular complexity index is 1200. The summed E-state index contributed by atoms with van der Waals surface area (Å²) in [5.74, 6) is -0.0521. The summed E-state index contributed by atoms with van der Waals surface area (Å²) in [6.07, 6.45) is 0.455. The first-order valence-electron chi connectivity index (χ1n) is 10.8.